The Morgan fingerprint density at radius 1 is 1.09 bits per heavy atom. The number of nitrogens with zero attached hydrogens (tertiary/aromatic N) is 7. The molecule has 2 aliphatic rings. The molecule has 252 valence electrons. The summed E-state index contributed by atoms with van der Waals surface area (Å²) in [4.78, 5) is 43.9. The average molecular weight is 664 g/mol. The zero-order chi connectivity index (χ0) is 33.9. The smallest absolute Gasteiger partial charge is 0.410 e. The van der Waals surface area contributed by atoms with Gasteiger partial charge in [0.25, 0.3) is 0 Å². The monoisotopic (exact) mass is 663 g/mol. The number of carbonyl (C=O) groups excluding carboxylic acids is 2. The number of anilines is 2. The number of hydrogen-bond acceptors (Lipinski definition) is 7. The number of amides is 2. The third-order valence-corrected chi connectivity index (χ3v) is 9.29. The number of imidazole rings is 1. The molecule has 0 bridgehead atoms. The molecule has 1 atom stereocenters. The predicted molar refractivity (Wildman–Crippen MR) is 189 cm³/mol. The quantitative estimate of drug-likeness (QED) is 0.231. The van der Waals surface area contributed by atoms with Crippen LogP contribution in [-0.4, -0.2) is 94.5 Å². The maximum absolute atomic E-state index is 13.5. The lowest BCUT2D eigenvalue weighted by molar-refractivity contribution is -0.137. The van der Waals surface area contributed by atoms with Crippen LogP contribution in [0.2, 0.25) is 0 Å². The highest BCUT2D eigenvalue weighted by Gasteiger charge is 2.34. The van der Waals surface area contributed by atoms with E-state index < -0.39 is 5.60 Å². The van der Waals surface area contributed by atoms with Crippen molar-refractivity contribution in [2.45, 2.75) is 52.6 Å². The first-order chi connectivity index (χ1) is 22.4. The summed E-state index contributed by atoms with van der Waals surface area (Å²) >= 11 is 1.50. The van der Waals surface area contributed by atoms with Crippen LogP contribution in [0.1, 0.15) is 51.8 Å². The molecule has 0 N–H and O–H groups in total. The maximum atomic E-state index is 13.5. The largest absolute Gasteiger partial charge is 0.444 e. The van der Waals surface area contributed by atoms with Gasteiger partial charge in [0.15, 0.2) is 5.17 Å². The Kier molecular flexibility index (Phi) is 10.5. The number of carbonyl (C=O) groups is 2. The molecule has 3 aromatic rings. The highest BCUT2D eigenvalue weighted by atomic mass is 32.2. The first-order valence-electron chi connectivity index (χ1n) is 16.2. The number of aromatic nitrogens is 2. The van der Waals surface area contributed by atoms with E-state index in [4.69, 9.17) is 14.7 Å². The van der Waals surface area contributed by atoms with Crippen LogP contribution in [0.4, 0.5) is 20.7 Å². The van der Waals surface area contributed by atoms with Gasteiger partial charge in [0.1, 0.15) is 22.9 Å². The van der Waals surface area contributed by atoms with Gasteiger partial charge < -0.3 is 24.3 Å². The summed E-state index contributed by atoms with van der Waals surface area (Å²) in [7, 11) is 1.97. The van der Waals surface area contributed by atoms with Gasteiger partial charge in [0.05, 0.1) is 23.0 Å². The Bertz CT molecular complexity index is 1640. The molecule has 5 rings (SSSR count). The highest BCUT2D eigenvalue weighted by Crippen LogP contribution is 2.29. The Morgan fingerprint density at radius 3 is 2.43 bits per heavy atom. The number of amidine groups is 1. The minimum absolute atomic E-state index is 0.116. The van der Waals surface area contributed by atoms with Gasteiger partial charge in [-0.25, -0.2) is 19.2 Å². The van der Waals surface area contributed by atoms with Crippen LogP contribution in [-0.2, 0) is 16.0 Å². The number of hydrogen-bond donors (Lipinski definition) is 0. The van der Waals surface area contributed by atoms with Crippen molar-refractivity contribution in [1.29, 1.82) is 0 Å². The Balaban J connectivity index is 1.29. The van der Waals surface area contributed by atoms with Crippen LogP contribution in [0.5, 0.6) is 0 Å². The molecule has 0 radical (unpaired) electrons. The minimum atomic E-state index is -0.566. The number of rotatable bonds is 6. The first-order valence-corrected chi connectivity index (χ1v) is 17.4. The van der Waals surface area contributed by atoms with Crippen molar-refractivity contribution in [3.8, 4) is 0 Å². The summed E-state index contributed by atoms with van der Waals surface area (Å²) in [6.07, 6.45) is 6.04. The Hall–Kier alpha value is -4.06. The molecule has 0 spiro atoms. The zero-order valence-electron chi connectivity index (χ0n) is 28.3. The number of pyridine rings is 1. The molecule has 4 heterocycles. The van der Waals surface area contributed by atoms with E-state index in [1.807, 2.05) is 49.9 Å². The van der Waals surface area contributed by atoms with E-state index in [0.29, 0.717) is 45.0 Å². The number of aliphatic imine (C=N–C) groups is 1. The fourth-order valence-corrected chi connectivity index (χ4v) is 6.70. The summed E-state index contributed by atoms with van der Waals surface area (Å²) in [5.74, 6) is 0.531. The Labute approximate surface area is 281 Å². The number of piperazine rings is 1. The third-order valence-electron chi connectivity index (χ3n) is 8.56. The van der Waals surface area contributed by atoms with Crippen molar-refractivity contribution in [3.63, 3.8) is 0 Å². The fraction of sp³-hybridized carbons (Fsp3) is 0.486. The predicted octanol–water partition coefficient (Wildman–Crippen LogP) is 6.16. The number of aryl methyl sites for hydroxylation is 1. The second-order valence-corrected chi connectivity index (χ2v) is 13.8. The highest BCUT2D eigenvalue weighted by molar-refractivity contribution is 8.13. The molecular weight excluding hydrogens is 617 g/mol. The Morgan fingerprint density at radius 2 is 1.79 bits per heavy atom. The van der Waals surface area contributed by atoms with Crippen molar-refractivity contribution >= 4 is 51.8 Å². The number of benzene rings is 1. The van der Waals surface area contributed by atoms with Crippen LogP contribution in [0.25, 0.3) is 11.3 Å². The number of ether oxygens (including phenoxy) is 1. The van der Waals surface area contributed by atoms with Gasteiger partial charge >= 0.3 is 6.09 Å². The summed E-state index contributed by atoms with van der Waals surface area (Å²) < 4.78 is 21.1. The molecule has 12 heteroatoms. The number of piperidine rings is 1. The van der Waals surface area contributed by atoms with Gasteiger partial charge in [0.2, 0.25) is 5.91 Å². The summed E-state index contributed by atoms with van der Waals surface area (Å²) in [5, 5.41) is 0.737. The molecule has 1 aromatic carbocycles. The molecule has 10 nitrogen and oxygen atoms in total. The van der Waals surface area contributed by atoms with Crippen molar-refractivity contribution in [2.24, 2.45) is 10.9 Å². The number of likely N-dealkylation sites (tertiary alicyclic amines) is 1. The van der Waals surface area contributed by atoms with Crippen LogP contribution in [0.3, 0.4) is 0 Å². The van der Waals surface area contributed by atoms with Crippen molar-refractivity contribution in [3.05, 3.63) is 66.2 Å². The molecule has 0 saturated carbocycles. The molecule has 0 aliphatic carbocycles. The molecule has 2 amide bonds. The lowest BCUT2D eigenvalue weighted by Crippen LogP contribution is -2.53. The van der Waals surface area contributed by atoms with Gasteiger partial charge in [0, 0.05) is 52.5 Å². The normalized spacial score (nSPS) is 17.6. The molecule has 2 aromatic heterocycles. The summed E-state index contributed by atoms with van der Waals surface area (Å²) in [5.41, 5.74) is 3.57. The zero-order valence-corrected chi connectivity index (χ0v) is 29.1. The number of fused-ring (bicyclic) bond motifs is 1. The molecule has 1 unspecified atom stereocenters. The van der Waals surface area contributed by atoms with Crippen LogP contribution in [0.15, 0.2) is 54.2 Å². The maximum Gasteiger partial charge on any atom is 0.410 e. The van der Waals surface area contributed by atoms with Crippen LogP contribution in [0, 0.1) is 11.7 Å². The summed E-state index contributed by atoms with van der Waals surface area (Å²) in [6.45, 7) is 15.4. The SMILES string of the molecule is C=C(N=C(SC)N(C)c1c(CC)nc2ccc(N3CCN(C(=O)C4CCCN(C(=O)OC(C)(C)C)C4)CC3)cn12)c1ccc(F)cc1. The van der Waals surface area contributed by atoms with Gasteiger partial charge in [-0.15, -0.1) is 0 Å². The van der Waals surface area contributed by atoms with Crippen molar-refractivity contribution in [1.82, 2.24) is 19.2 Å². The summed E-state index contributed by atoms with van der Waals surface area (Å²) in [6, 6.07) is 10.3. The minimum Gasteiger partial charge on any atom is -0.444 e. The van der Waals surface area contributed by atoms with Crippen LogP contribution >= 0.6 is 11.8 Å². The standard InChI is InChI=1S/C35H46FN7O3S/c1-8-29-31(39(6)33(47-7)37-24(2)25-11-13-27(36)14-12-25)43-23-28(15-16-30(43)38-29)40-18-20-41(21-19-40)32(44)26-10-9-17-42(22-26)34(45)46-35(3,4)5/h11-16,23,26H,2,8-10,17-22H2,1,3-7H3. The molecule has 47 heavy (non-hydrogen) atoms. The first kappa shape index (κ1) is 34.3. The van der Waals surface area contributed by atoms with E-state index in [9.17, 15) is 14.0 Å². The average Bonchev–Trinajstić information content (AvgIpc) is 3.44. The van der Waals surface area contributed by atoms with E-state index in [1.54, 1.807) is 17.0 Å². The fourth-order valence-electron chi connectivity index (χ4n) is 6.13. The van der Waals surface area contributed by atoms with Crippen molar-refractivity contribution in [2.75, 3.05) is 62.4 Å². The lowest BCUT2D eigenvalue weighted by atomic mass is 9.96. The van der Waals surface area contributed by atoms with Gasteiger partial charge in [-0.2, -0.15) is 0 Å². The molecule has 2 aliphatic heterocycles. The van der Waals surface area contributed by atoms with E-state index >= 15 is 0 Å². The van der Waals surface area contributed by atoms with Gasteiger partial charge in [-0.05, 0) is 88.3 Å². The van der Waals surface area contributed by atoms with Gasteiger partial charge in [-0.3, -0.25) is 9.20 Å². The van der Waals surface area contributed by atoms with E-state index in [1.165, 1.54) is 23.9 Å². The van der Waals surface area contributed by atoms with E-state index in [0.717, 1.165) is 52.8 Å². The number of thioether (sulfide) groups is 1. The number of halogens is 1. The third kappa shape index (κ3) is 7.91. The van der Waals surface area contributed by atoms with Crippen LogP contribution < -0.4 is 9.80 Å². The van der Waals surface area contributed by atoms with Crippen molar-refractivity contribution < 1.29 is 18.7 Å². The van der Waals surface area contributed by atoms with E-state index in [-0.39, 0.29) is 23.7 Å². The molecular formula is C35H46FN7O3S. The van der Waals surface area contributed by atoms with E-state index in [2.05, 4.69) is 35.1 Å². The van der Waals surface area contributed by atoms with Gasteiger partial charge in [-0.1, -0.05) is 25.3 Å². The topological polar surface area (TPSA) is 86.0 Å². The lowest BCUT2D eigenvalue weighted by Gasteiger charge is -2.39. The molecule has 2 fully saturated rings. The second kappa shape index (κ2) is 14.4. The second-order valence-electron chi connectivity index (χ2n) is 13.0. The molecule has 2 saturated heterocycles.